The van der Waals surface area contributed by atoms with Gasteiger partial charge in [-0.05, 0) is 92.4 Å². The summed E-state index contributed by atoms with van der Waals surface area (Å²) in [6.07, 6.45) is 2.35. The van der Waals surface area contributed by atoms with Crippen LogP contribution in [0.25, 0.3) is 0 Å². The lowest BCUT2D eigenvalue weighted by atomic mass is 9.82. The summed E-state index contributed by atoms with van der Waals surface area (Å²) >= 11 is 0. The van der Waals surface area contributed by atoms with Gasteiger partial charge < -0.3 is 4.74 Å². The van der Waals surface area contributed by atoms with Gasteiger partial charge in [0.15, 0.2) is 0 Å². The lowest BCUT2D eigenvalue weighted by molar-refractivity contribution is -0.102. The third kappa shape index (κ3) is 29.4. The molecular formula is C29H61NO. The van der Waals surface area contributed by atoms with Gasteiger partial charge in [-0.1, -0.05) is 74.0 Å². The van der Waals surface area contributed by atoms with Crippen molar-refractivity contribution in [3.63, 3.8) is 0 Å². The molecule has 0 aliphatic carbocycles. The molecule has 0 unspecified atom stereocenters. The summed E-state index contributed by atoms with van der Waals surface area (Å²) in [6.45, 7) is 43.2. The second-order valence-electron chi connectivity index (χ2n) is 14.9. The maximum atomic E-state index is 5.62. The Bertz CT molecular complexity index is 499. The summed E-state index contributed by atoms with van der Waals surface area (Å²) in [5.41, 5.74) is 3.60. The quantitative estimate of drug-likeness (QED) is 0.272. The first-order chi connectivity index (χ1) is 13.0. The van der Waals surface area contributed by atoms with Gasteiger partial charge in [-0.15, -0.1) is 0 Å². The summed E-state index contributed by atoms with van der Waals surface area (Å²) in [6, 6.07) is 0. The van der Waals surface area contributed by atoms with Crippen LogP contribution in [-0.2, 0) is 4.74 Å². The van der Waals surface area contributed by atoms with E-state index in [1.54, 1.807) is 0 Å². The standard InChI is InChI=1S/C11H22.C10H21N.C8H18O/c1-9(11(5,6)7)8-10(2,3)4;1-8(9(2,3)4)11-10(5,6)7;1-7(2,3)9-8(4,5)6/h8H,1-7H3;1-7H3;1-6H3/b9-8-;;. The lowest BCUT2D eigenvalue weighted by Crippen LogP contribution is -2.31. The Morgan fingerprint density at radius 2 is 0.871 bits per heavy atom. The molecule has 0 rings (SSSR count). The zero-order chi connectivity index (χ0) is 26.3. The summed E-state index contributed by atoms with van der Waals surface area (Å²) in [5.74, 6) is 0. The van der Waals surface area contributed by atoms with Crippen LogP contribution < -0.4 is 0 Å². The molecule has 0 aliphatic heterocycles. The highest BCUT2D eigenvalue weighted by atomic mass is 16.5. The first-order valence-corrected chi connectivity index (χ1v) is 11.9. The average molecular weight is 440 g/mol. The van der Waals surface area contributed by atoms with Crippen molar-refractivity contribution < 1.29 is 4.74 Å². The van der Waals surface area contributed by atoms with Crippen LogP contribution in [0, 0.1) is 16.2 Å². The second kappa shape index (κ2) is 12.0. The Kier molecular flexibility index (Phi) is 13.5. The van der Waals surface area contributed by atoms with Gasteiger partial charge in [-0.3, -0.25) is 4.99 Å². The minimum Gasteiger partial charge on any atom is -0.370 e. The fraction of sp³-hybridized carbons (Fsp3) is 0.897. The molecular weight excluding hydrogens is 378 g/mol. The molecule has 0 aromatic rings. The van der Waals surface area contributed by atoms with Gasteiger partial charge in [0.05, 0.1) is 16.7 Å². The number of ether oxygens (including phenoxy) is 1. The fourth-order valence-corrected chi connectivity index (χ4v) is 2.46. The van der Waals surface area contributed by atoms with Crippen molar-refractivity contribution in [3.8, 4) is 0 Å². The Hall–Kier alpha value is -0.630. The molecule has 2 heteroatoms. The molecule has 0 saturated heterocycles. The third-order valence-electron chi connectivity index (χ3n) is 4.03. The van der Waals surface area contributed by atoms with E-state index in [-0.39, 0.29) is 22.2 Å². The molecule has 2 nitrogen and oxygen atoms in total. The van der Waals surface area contributed by atoms with Gasteiger partial charge in [-0.25, -0.2) is 0 Å². The minimum absolute atomic E-state index is 0.0156. The molecule has 0 heterocycles. The summed E-state index contributed by atoms with van der Waals surface area (Å²) in [4.78, 5) is 4.60. The van der Waals surface area contributed by atoms with Gasteiger partial charge in [-0.2, -0.15) is 0 Å². The molecule has 0 saturated carbocycles. The lowest BCUT2D eigenvalue weighted by Gasteiger charge is -2.30. The van der Waals surface area contributed by atoms with Crippen LogP contribution in [0.5, 0.6) is 0 Å². The van der Waals surface area contributed by atoms with E-state index in [0.717, 1.165) is 0 Å². The van der Waals surface area contributed by atoms with Crippen molar-refractivity contribution in [3.05, 3.63) is 11.6 Å². The SMILES string of the molecule is C/C(=C/C(C)(C)C)C(C)(C)C.CC(=NC(C)(C)C)C(C)(C)C.CC(C)(C)OC(C)(C)C. The van der Waals surface area contributed by atoms with Crippen LogP contribution in [0.4, 0.5) is 0 Å². The summed E-state index contributed by atoms with van der Waals surface area (Å²) in [7, 11) is 0. The van der Waals surface area contributed by atoms with E-state index >= 15 is 0 Å². The number of allylic oxidation sites excluding steroid dienone is 2. The normalized spacial score (nSPS) is 15.0. The molecule has 31 heavy (non-hydrogen) atoms. The molecule has 0 aliphatic rings. The molecule has 188 valence electrons. The number of rotatable bonds is 0. The van der Waals surface area contributed by atoms with Crippen molar-refractivity contribution in [2.45, 2.75) is 155 Å². The zero-order valence-corrected chi connectivity index (χ0v) is 25.4. The average Bonchev–Trinajstić information content (AvgIpc) is 2.28. The van der Waals surface area contributed by atoms with Crippen molar-refractivity contribution in [2.24, 2.45) is 21.2 Å². The largest absolute Gasteiger partial charge is 0.370 e. The van der Waals surface area contributed by atoms with Crippen LogP contribution in [0.1, 0.15) is 138 Å². The van der Waals surface area contributed by atoms with Gasteiger partial charge in [0.2, 0.25) is 0 Å². The Morgan fingerprint density at radius 3 is 0.935 bits per heavy atom. The van der Waals surface area contributed by atoms with E-state index in [1.165, 1.54) is 11.3 Å². The molecule has 0 radical (unpaired) electrons. The van der Waals surface area contributed by atoms with E-state index in [2.05, 4.69) is 150 Å². The van der Waals surface area contributed by atoms with E-state index in [0.29, 0.717) is 10.8 Å². The molecule has 0 fully saturated rings. The second-order valence-corrected chi connectivity index (χ2v) is 14.9. The maximum absolute atomic E-state index is 5.62. The molecule has 0 bridgehead atoms. The first-order valence-electron chi connectivity index (χ1n) is 11.9. The Balaban J connectivity index is -0.000000382. The number of nitrogens with zero attached hydrogens (tertiary/aromatic N) is 1. The molecule has 0 N–H and O–H groups in total. The maximum Gasteiger partial charge on any atom is 0.0605 e. The highest BCUT2D eigenvalue weighted by Crippen LogP contribution is 2.29. The van der Waals surface area contributed by atoms with Gasteiger partial charge in [0.25, 0.3) is 0 Å². The number of hydrogen-bond donors (Lipinski definition) is 0. The molecule has 0 amide bonds. The van der Waals surface area contributed by atoms with Crippen molar-refractivity contribution in [2.75, 3.05) is 0 Å². The van der Waals surface area contributed by atoms with Crippen LogP contribution in [0.3, 0.4) is 0 Å². The topological polar surface area (TPSA) is 21.6 Å². The summed E-state index contributed by atoms with van der Waals surface area (Å²) < 4.78 is 5.62. The smallest absolute Gasteiger partial charge is 0.0605 e. The monoisotopic (exact) mass is 439 g/mol. The van der Waals surface area contributed by atoms with Gasteiger partial charge in [0.1, 0.15) is 0 Å². The predicted octanol–water partition coefficient (Wildman–Crippen LogP) is 9.92. The van der Waals surface area contributed by atoms with Gasteiger partial charge >= 0.3 is 0 Å². The Morgan fingerprint density at radius 1 is 0.548 bits per heavy atom. The van der Waals surface area contributed by atoms with Crippen molar-refractivity contribution in [1.29, 1.82) is 0 Å². The third-order valence-corrected chi connectivity index (χ3v) is 4.03. The highest BCUT2D eigenvalue weighted by Gasteiger charge is 2.20. The predicted molar refractivity (Wildman–Crippen MR) is 146 cm³/mol. The molecule has 0 aromatic carbocycles. The van der Waals surface area contributed by atoms with Crippen LogP contribution in [-0.4, -0.2) is 22.5 Å². The Labute approximate surface area is 198 Å². The highest BCUT2D eigenvalue weighted by molar-refractivity contribution is 5.87. The van der Waals surface area contributed by atoms with E-state index in [4.69, 9.17) is 4.74 Å². The van der Waals surface area contributed by atoms with Crippen LogP contribution >= 0.6 is 0 Å². The molecule has 0 atom stereocenters. The van der Waals surface area contributed by atoms with Crippen molar-refractivity contribution >= 4 is 5.71 Å². The number of hydrogen-bond acceptors (Lipinski definition) is 2. The van der Waals surface area contributed by atoms with E-state index in [9.17, 15) is 0 Å². The fourth-order valence-electron chi connectivity index (χ4n) is 2.46. The van der Waals surface area contributed by atoms with Crippen molar-refractivity contribution in [1.82, 2.24) is 0 Å². The molecule has 0 aromatic heterocycles. The van der Waals surface area contributed by atoms with E-state index in [1.807, 2.05) is 0 Å². The summed E-state index contributed by atoms with van der Waals surface area (Å²) in [5, 5.41) is 0. The van der Waals surface area contributed by atoms with Crippen LogP contribution in [0.15, 0.2) is 16.6 Å². The van der Waals surface area contributed by atoms with Gasteiger partial charge in [0, 0.05) is 5.71 Å². The molecule has 0 spiro atoms. The number of aliphatic imine (C=N–C) groups is 1. The first kappa shape index (κ1) is 35.0. The zero-order valence-electron chi connectivity index (χ0n) is 25.4. The minimum atomic E-state index is -0.0156. The van der Waals surface area contributed by atoms with Crippen LogP contribution in [0.2, 0.25) is 0 Å². The van der Waals surface area contributed by atoms with E-state index < -0.39 is 0 Å².